The molecule has 9 nitrogen and oxygen atoms in total. The fourth-order valence-corrected chi connectivity index (χ4v) is 6.28. The molecule has 1 saturated heterocycles. The summed E-state index contributed by atoms with van der Waals surface area (Å²) in [6, 6.07) is 10.8. The Kier molecular flexibility index (Phi) is 10.8. The number of nitrogens with zero attached hydrogens (tertiary/aromatic N) is 3. The number of unbranched alkanes of at least 4 members (excludes halogenated alkanes) is 1. The SMILES string of the molecule is CCN(C(=O)c1cc2c(cc1C(F)(F)F)OC(C)(C)C(=O)N2CCCCOC)[C@@H]1CN(C(=O)OC(C)(C)C)CC[C@H]1c1ccccc1. The van der Waals surface area contributed by atoms with Gasteiger partial charge in [-0.05, 0) is 78.5 Å². The average molecular weight is 662 g/mol. The highest BCUT2D eigenvalue weighted by atomic mass is 19.4. The normalized spacial score (nSPS) is 19.6. The van der Waals surface area contributed by atoms with Crippen molar-refractivity contribution in [2.24, 2.45) is 0 Å². The Labute approximate surface area is 274 Å². The van der Waals surface area contributed by atoms with Crippen LogP contribution < -0.4 is 9.64 Å². The number of hydrogen-bond donors (Lipinski definition) is 0. The smallest absolute Gasteiger partial charge is 0.417 e. The first-order valence-electron chi connectivity index (χ1n) is 16.1. The number of anilines is 1. The Morgan fingerprint density at radius 3 is 2.36 bits per heavy atom. The van der Waals surface area contributed by atoms with Crippen LogP contribution >= 0.6 is 0 Å². The highest BCUT2D eigenvalue weighted by Crippen LogP contribution is 2.45. The highest BCUT2D eigenvalue weighted by molar-refractivity contribution is 6.05. The summed E-state index contributed by atoms with van der Waals surface area (Å²) >= 11 is 0. The second-order valence-electron chi connectivity index (χ2n) is 13.5. The van der Waals surface area contributed by atoms with Gasteiger partial charge in [-0.1, -0.05) is 30.3 Å². The summed E-state index contributed by atoms with van der Waals surface area (Å²) in [4.78, 5) is 45.4. The molecule has 2 aromatic carbocycles. The first kappa shape index (κ1) is 36.0. The number of alkyl halides is 3. The zero-order valence-corrected chi connectivity index (χ0v) is 28.3. The van der Waals surface area contributed by atoms with Gasteiger partial charge in [0.25, 0.3) is 11.8 Å². The number of hydrogen-bond acceptors (Lipinski definition) is 6. The van der Waals surface area contributed by atoms with Crippen molar-refractivity contribution < 1.29 is 41.8 Å². The topological polar surface area (TPSA) is 88.6 Å². The fraction of sp³-hybridized carbons (Fsp3) is 0.571. The van der Waals surface area contributed by atoms with E-state index in [0.29, 0.717) is 32.4 Å². The molecule has 2 aliphatic heterocycles. The van der Waals surface area contributed by atoms with Crippen LogP contribution in [-0.2, 0) is 20.4 Å². The van der Waals surface area contributed by atoms with Gasteiger partial charge in [-0.3, -0.25) is 9.59 Å². The molecule has 0 aromatic heterocycles. The molecule has 2 aromatic rings. The molecule has 0 radical (unpaired) electrons. The molecule has 0 saturated carbocycles. The van der Waals surface area contributed by atoms with E-state index in [1.54, 1.807) is 34.8 Å². The predicted molar refractivity (Wildman–Crippen MR) is 172 cm³/mol. The third-order valence-corrected chi connectivity index (χ3v) is 8.49. The third kappa shape index (κ3) is 8.20. The van der Waals surface area contributed by atoms with Crippen LogP contribution in [0.15, 0.2) is 42.5 Å². The van der Waals surface area contributed by atoms with Gasteiger partial charge < -0.3 is 28.9 Å². The summed E-state index contributed by atoms with van der Waals surface area (Å²) in [6.45, 7) is 11.2. The molecule has 2 heterocycles. The molecule has 0 spiro atoms. The lowest BCUT2D eigenvalue weighted by molar-refractivity contribution is -0.138. The van der Waals surface area contributed by atoms with Gasteiger partial charge in [-0.15, -0.1) is 0 Å². The molecule has 0 aliphatic carbocycles. The van der Waals surface area contributed by atoms with E-state index >= 15 is 0 Å². The van der Waals surface area contributed by atoms with E-state index in [0.717, 1.165) is 17.7 Å². The summed E-state index contributed by atoms with van der Waals surface area (Å²) in [5, 5.41) is 0. The van der Waals surface area contributed by atoms with Crippen LogP contribution in [0.25, 0.3) is 0 Å². The number of piperidine rings is 1. The molecule has 3 amide bonds. The van der Waals surface area contributed by atoms with Crippen molar-refractivity contribution >= 4 is 23.6 Å². The van der Waals surface area contributed by atoms with Crippen molar-refractivity contribution in [3.63, 3.8) is 0 Å². The first-order chi connectivity index (χ1) is 22.0. The predicted octanol–water partition coefficient (Wildman–Crippen LogP) is 6.89. The lowest BCUT2D eigenvalue weighted by Gasteiger charge is -2.44. The Hall–Kier alpha value is -3.80. The molecule has 4 rings (SSSR count). The number of likely N-dealkylation sites (N-methyl/N-ethyl adjacent to an activating group) is 1. The maximum atomic E-state index is 14.7. The Bertz CT molecular complexity index is 1440. The number of carbonyl (C=O) groups is 3. The zero-order valence-electron chi connectivity index (χ0n) is 28.3. The van der Waals surface area contributed by atoms with E-state index in [2.05, 4.69) is 0 Å². The molecule has 2 aliphatic rings. The first-order valence-corrected chi connectivity index (χ1v) is 16.1. The van der Waals surface area contributed by atoms with Gasteiger partial charge in [0.15, 0.2) is 5.60 Å². The summed E-state index contributed by atoms with van der Waals surface area (Å²) in [6.07, 6.45) is -3.82. The van der Waals surface area contributed by atoms with Crippen LogP contribution in [-0.4, -0.2) is 84.8 Å². The van der Waals surface area contributed by atoms with Crippen molar-refractivity contribution in [2.75, 3.05) is 44.8 Å². The third-order valence-electron chi connectivity index (χ3n) is 8.49. The van der Waals surface area contributed by atoms with Crippen molar-refractivity contribution in [2.45, 2.75) is 90.1 Å². The molecule has 2 atom stereocenters. The molecule has 0 unspecified atom stereocenters. The number of benzene rings is 2. The largest absolute Gasteiger partial charge is 0.476 e. The van der Waals surface area contributed by atoms with Gasteiger partial charge in [0.1, 0.15) is 11.4 Å². The maximum absolute atomic E-state index is 14.7. The molecular weight excluding hydrogens is 615 g/mol. The molecule has 47 heavy (non-hydrogen) atoms. The number of halogens is 3. The highest BCUT2D eigenvalue weighted by Gasteiger charge is 2.46. The van der Waals surface area contributed by atoms with Gasteiger partial charge >= 0.3 is 12.3 Å². The van der Waals surface area contributed by atoms with E-state index in [1.807, 2.05) is 30.3 Å². The second kappa shape index (κ2) is 14.1. The summed E-state index contributed by atoms with van der Waals surface area (Å²) in [5.41, 5.74) is -2.88. The number of carbonyl (C=O) groups excluding carboxylic acids is 3. The van der Waals surface area contributed by atoms with Crippen molar-refractivity contribution in [3.05, 3.63) is 59.2 Å². The van der Waals surface area contributed by atoms with E-state index < -0.39 is 52.5 Å². The number of amides is 3. The van der Waals surface area contributed by atoms with E-state index in [1.165, 1.54) is 28.5 Å². The van der Waals surface area contributed by atoms with Crippen LogP contribution in [0.5, 0.6) is 5.75 Å². The average Bonchev–Trinajstić information content (AvgIpc) is 2.99. The second-order valence-corrected chi connectivity index (χ2v) is 13.5. The number of likely N-dealkylation sites (tertiary alicyclic amines) is 1. The quantitative estimate of drug-likeness (QED) is 0.272. The van der Waals surface area contributed by atoms with Crippen molar-refractivity contribution in [1.29, 1.82) is 0 Å². The van der Waals surface area contributed by atoms with Gasteiger partial charge in [0, 0.05) is 45.8 Å². The van der Waals surface area contributed by atoms with Crippen LogP contribution in [0, 0.1) is 0 Å². The maximum Gasteiger partial charge on any atom is 0.417 e. The van der Waals surface area contributed by atoms with Gasteiger partial charge in [0.2, 0.25) is 0 Å². The minimum Gasteiger partial charge on any atom is -0.476 e. The van der Waals surface area contributed by atoms with Crippen LogP contribution in [0.3, 0.4) is 0 Å². The number of ether oxygens (including phenoxy) is 3. The van der Waals surface area contributed by atoms with Gasteiger partial charge in [0.05, 0.1) is 22.9 Å². The van der Waals surface area contributed by atoms with Crippen LogP contribution in [0.4, 0.5) is 23.7 Å². The standard InChI is InChI=1S/C35H46F3N3O6/c1-8-40(28-22-39(32(44)47-33(2,3)4)18-16-24(28)23-14-10-9-11-15-23)30(42)25-20-27-29(21-26(25)35(36,37)38)46-34(5,6)31(43)41(27)17-12-13-19-45-7/h9-11,14-15,20-21,24,28H,8,12-13,16-19,22H2,1-7H3/t24-,28+/m0/s1. The fourth-order valence-electron chi connectivity index (χ4n) is 6.28. The van der Waals surface area contributed by atoms with Crippen LogP contribution in [0.1, 0.15) is 88.2 Å². The molecular formula is C35H46F3N3O6. The minimum absolute atomic E-state index is 0.0712. The van der Waals surface area contributed by atoms with Crippen molar-refractivity contribution in [1.82, 2.24) is 9.80 Å². The Morgan fingerprint density at radius 2 is 1.77 bits per heavy atom. The number of methoxy groups -OCH3 is 1. The van der Waals surface area contributed by atoms with Gasteiger partial charge in [-0.2, -0.15) is 13.2 Å². The molecule has 258 valence electrons. The Balaban J connectivity index is 1.80. The summed E-state index contributed by atoms with van der Waals surface area (Å²) in [7, 11) is 1.57. The Morgan fingerprint density at radius 1 is 1.09 bits per heavy atom. The molecule has 1 fully saturated rings. The van der Waals surface area contributed by atoms with E-state index in [4.69, 9.17) is 14.2 Å². The summed E-state index contributed by atoms with van der Waals surface area (Å²) in [5.74, 6) is -1.65. The van der Waals surface area contributed by atoms with E-state index in [9.17, 15) is 27.6 Å². The molecule has 0 bridgehead atoms. The lowest BCUT2D eigenvalue weighted by atomic mass is 9.84. The zero-order chi connectivity index (χ0) is 34.7. The number of rotatable bonds is 9. The monoisotopic (exact) mass is 661 g/mol. The number of fused-ring (bicyclic) bond motifs is 1. The van der Waals surface area contributed by atoms with E-state index in [-0.39, 0.29) is 37.0 Å². The van der Waals surface area contributed by atoms with Gasteiger partial charge in [-0.25, -0.2) is 4.79 Å². The summed E-state index contributed by atoms with van der Waals surface area (Å²) < 4.78 is 60.7. The van der Waals surface area contributed by atoms with Crippen molar-refractivity contribution in [3.8, 4) is 5.75 Å². The minimum atomic E-state index is -4.90. The van der Waals surface area contributed by atoms with Crippen LogP contribution in [0.2, 0.25) is 0 Å². The molecule has 12 heteroatoms. The molecule has 0 N–H and O–H groups in total. The lowest BCUT2D eigenvalue weighted by Crippen LogP contribution is -2.56.